The van der Waals surface area contributed by atoms with Gasteiger partial charge >= 0.3 is 0 Å². The number of aliphatic hydroxyl groups excluding tert-OH is 1. The molecule has 162 valence electrons. The number of nitrogens with zero attached hydrogens (tertiary/aromatic N) is 1. The standard InChI is InChI=1S/C24H28N4O3/c1-16(29)21(9-5-8-17-6-3-2-4-7-17)26-23-20(15-25)24(31)28-22(27-23)14-18-10-12-19(30)13-11-18/h2-4,6-7,10-13,15-16,21,25,29-30H,5,8-9,14H2,1H3,(H2,26,27,28,31). The van der Waals surface area contributed by atoms with Gasteiger partial charge in [0.2, 0.25) is 0 Å². The van der Waals surface area contributed by atoms with Crippen LogP contribution in [0.15, 0.2) is 59.4 Å². The van der Waals surface area contributed by atoms with Gasteiger partial charge in [0.15, 0.2) is 0 Å². The highest BCUT2D eigenvalue weighted by Gasteiger charge is 2.19. The van der Waals surface area contributed by atoms with Crippen molar-refractivity contribution in [1.29, 1.82) is 5.41 Å². The van der Waals surface area contributed by atoms with Crippen LogP contribution < -0.4 is 10.9 Å². The van der Waals surface area contributed by atoms with Crippen molar-refractivity contribution in [3.63, 3.8) is 0 Å². The Morgan fingerprint density at radius 3 is 2.48 bits per heavy atom. The van der Waals surface area contributed by atoms with Gasteiger partial charge in [0.05, 0.1) is 17.7 Å². The van der Waals surface area contributed by atoms with Gasteiger partial charge in [-0.05, 0) is 49.4 Å². The first-order chi connectivity index (χ1) is 15.0. The molecule has 0 fully saturated rings. The Morgan fingerprint density at radius 1 is 1.13 bits per heavy atom. The van der Waals surface area contributed by atoms with Crippen LogP contribution in [0.1, 0.15) is 42.3 Å². The van der Waals surface area contributed by atoms with Crippen molar-refractivity contribution in [2.24, 2.45) is 0 Å². The molecule has 0 spiro atoms. The van der Waals surface area contributed by atoms with Crippen LogP contribution in [-0.2, 0) is 12.8 Å². The van der Waals surface area contributed by atoms with E-state index in [1.54, 1.807) is 31.2 Å². The van der Waals surface area contributed by atoms with E-state index in [9.17, 15) is 15.0 Å². The number of phenols is 1. The summed E-state index contributed by atoms with van der Waals surface area (Å²) >= 11 is 0. The highest BCUT2D eigenvalue weighted by atomic mass is 16.3. The predicted octanol–water partition coefficient (Wildman–Crippen LogP) is 3.25. The number of aromatic nitrogens is 2. The van der Waals surface area contributed by atoms with Crippen LogP contribution in [0.5, 0.6) is 5.75 Å². The van der Waals surface area contributed by atoms with Gasteiger partial charge in [-0.15, -0.1) is 0 Å². The summed E-state index contributed by atoms with van der Waals surface area (Å²) in [7, 11) is 0. The lowest BCUT2D eigenvalue weighted by Gasteiger charge is -2.23. The lowest BCUT2D eigenvalue weighted by Crippen LogP contribution is -2.34. The fourth-order valence-electron chi connectivity index (χ4n) is 3.44. The van der Waals surface area contributed by atoms with Gasteiger partial charge in [-0.2, -0.15) is 0 Å². The lowest BCUT2D eigenvalue weighted by molar-refractivity contribution is 0.166. The summed E-state index contributed by atoms with van der Waals surface area (Å²) in [6.45, 7) is 1.70. The molecule has 0 amide bonds. The zero-order valence-electron chi connectivity index (χ0n) is 17.5. The van der Waals surface area contributed by atoms with Gasteiger partial charge in [0, 0.05) is 12.6 Å². The van der Waals surface area contributed by atoms with Crippen LogP contribution in [0.25, 0.3) is 0 Å². The topological polar surface area (TPSA) is 122 Å². The Kier molecular flexibility index (Phi) is 7.56. The van der Waals surface area contributed by atoms with Crippen LogP contribution in [0.3, 0.4) is 0 Å². The number of H-pyrrole nitrogens is 1. The molecule has 7 heteroatoms. The SMILES string of the molecule is CC(O)C(CCCc1ccccc1)Nc1nc(Cc2ccc(O)cc2)[nH]c(=O)c1C=N. The third kappa shape index (κ3) is 6.26. The van der Waals surface area contributed by atoms with Crippen molar-refractivity contribution in [2.75, 3.05) is 5.32 Å². The third-order valence-corrected chi connectivity index (χ3v) is 5.18. The van der Waals surface area contributed by atoms with Crippen LogP contribution in [-0.4, -0.2) is 38.5 Å². The maximum absolute atomic E-state index is 12.5. The first-order valence-electron chi connectivity index (χ1n) is 10.4. The zero-order valence-corrected chi connectivity index (χ0v) is 17.5. The van der Waals surface area contributed by atoms with Crippen molar-refractivity contribution >= 4 is 12.0 Å². The van der Waals surface area contributed by atoms with E-state index < -0.39 is 11.7 Å². The van der Waals surface area contributed by atoms with E-state index in [1.807, 2.05) is 18.2 Å². The predicted molar refractivity (Wildman–Crippen MR) is 122 cm³/mol. The Hall–Kier alpha value is -3.45. The molecule has 2 aromatic carbocycles. The third-order valence-electron chi connectivity index (χ3n) is 5.18. The minimum atomic E-state index is -0.656. The molecule has 2 unspecified atom stereocenters. The van der Waals surface area contributed by atoms with Gasteiger partial charge < -0.3 is 25.9 Å². The van der Waals surface area contributed by atoms with Gasteiger partial charge in [-0.3, -0.25) is 4.79 Å². The van der Waals surface area contributed by atoms with Crippen LogP contribution in [0.4, 0.5) is 5.82 Å². The van der Waals surface area contributed by atoms with Crippen LogP contribution in [0, 0.1) is 5.41 Å². The average molecular weight is 421 g/mol. The summed E-state index contributed by atoms with van der Waals surface area (Å²) in [5.74, 6) is 0.901. The molecule has 3 aromatic rings. The molecule has 0 aliphatic rings. The molecule has 0 saturated carbocycles. The molecule has 5 N–H and O–H groups in total. The quantitative estimate of drug-likeness (QED) is 0.322. The largest absolute Gasteiger partial charge is 0.508 e. The number of aryl methyl sites for hydroxylation is 1. The molecule has 0 aliphatic carbocycles. The Bertz CT molecular complexity index is 1050. The summed E-state index contributed by atoms with van der Waals surface area (Å²) in [6.07, 6.45) is 3.12. The molecule has 7 nitrogen and oxygen atoms in total. The average Bonchev–Trinajstić information content (AvgIpc) is 2.75. The minimum absolute atomic E-state index is 0.128. The smallest absolute Gasteiger partial charge is 0.261 e. The van der Waals surface area contributed by atoms with Crippen molar-refractivity contribution < 1.29 is 10.2 Å². The van der Waals surface area contributed by atoms with Crippen LogP contribution in [0.2, 0.25) is 0 Å². The fraction of sp³-hybridized carbons (Fsp3) is 0.292. The number of hydrogen-bond donors (Lipinski definition) is 5. The molecule has 31 heavy (non-hydrogen) atoms. The second kappa shape index (κ2) is 10.5. The summed E-state index contributed by atoms with van der Waals surface area (Å²) in [4.78, 5) is 19.7. The summed E-state index contributed by atoms with van der Waals surface area (Å²) in [6, 6.07) is 16.5. The molecule has 2 atom stereocenters. The van der Waals surface area contributed by atoms with Gasteiger partial charge in [-0.25, -0.2) is 4.98 Å². The van der Waals surface area contributed by atoms with E-state index in [0.717, 1.165) is 24.6 Å². The molecule has 1 aromatic heterocycles. The first kappa shape index (κ1) is 22.2. The second-order valence-corrected chi connectivity index (χ2v) is 7.63. The monoisotopic (exact) mass is 420 g/mol. The minimum Gasteiger partial charge on any atom is -0.508 e. The zero-order chi connectivity index (χ0) is 22.2. The second-order valence-electron chi connectivity index (χ2n) is 7.63. The summed E-state index contributed by atoms with van der Waals surface area (Å²) in [5, 5.41) is 30.5. The fourth-order valence-corrected chi connectivity index (χ4v) is 3.44. The molecule has 1 heterocycles. The van der Waals surface area contributed by atoms with E-state index in [0.29, 0.717) is 18.7 Å². The van der Waals surface area contributed by atoms with Gasteiger partial charge in [0.1, 0.15) is 17.4 Å². The molecule has 0 aliphatic heterocycles. The number of hydrogen-bond acceptors (Lipinski definition) is 6. The van der Waals surface area contributed by atoms with Gasteiger partial charge in [-0.1, -0.05) is 42.5 Å². The maximum atomic E-state index is 12.5. The number of benzene rings is 2. The normalized spacial score (nSPS) is 12.8. The Balaban J connectivity index is 1.76. The van der Waals surface area contributed by atoms with Crippen molar-refractivity contribution in [1.82, 2.24) is 9.97 Å². The molecule has 3 rings (SSSR count). The van der Waals surface area contributed by atoms with Crippen molar-refractivity contribution in [3.8, 4) is 5.75 Å². The Labute approximate surface area is 181 Å². The molecule has 0 saturated heterocycles. The summed E-state index contributed by atoms with van der Waals surface area (Å²) < 4.78 is 0. The number of aromatic hydroxyl groups is 1. The van der Waals surface area contributed by atoms with E-state index in [2.05, 4.69) is 27.4 Å². The molecule has 0 bridgehead atoms. The van der Waals surface area contributed by atoms with E-state index in [-0.39, 0.29) is 23.2 Å². The number of aromatic amines is 1. The number of anilines is 1. The first-order valence-corrected chi connectivity index (χ1v) is 10.4. The van der Waals surface area contributed by atoms with Crippen LogP contribution >= 0.6 is 0 Å². The molecular weight excluding hydrogens is 392 g/mol. The highest BCUT2D eigenvalue weighted by Crippen LogP contribution is 2.17. The molecular formula is C24H28N4O3. The van der Waals surface area contributed by atoms with E-state index in [4.69, 9.17) is 5.41 Å². The summed E-state index contributed by atoms with van der Waals surface area (Å²) in [5.41, 5.74) is 1.83. The number of nitrogens with one attached hydrogen (secondary N) is 3. The number of phenolic OH excluding ortho intramolecular Hbond substituents is 1. The lowest BCUT2D eigenvalue weighted by atomic mass is 10.0. The van der Waals surface area contributed by atoms with Crippen molar-refractivity contribution in [3.05, 3.63) is 87.5 Å². The van der Waals surface area contributed by atoms with E-state index in [1.165, 1.54) is 5.56 Å². The Morgan fingerprint density at radius 2 is 1.84 bits per heavy atom. The number of rotatable bonds is 10. The molecule has 0 radical (unpaired) electrons. The number of aliphatic hydroxyl groups is 1. The van der Waals surface area contributed by atoms with E-state index >= 15 is 0 Å². The van der Waals surface area contributed by atoms with Gasteiger partial charge in [0.25, 0.3) is 5.56 Å². The highest BCUT2D eigenvalue weighted by molar-refractivity contribution is 5.83. The maximum Gasteiger partial charge on any atom is 0.261 e. The van der Waals surface area contributed by atoms with Crippen molar-refractivity contribution in [2.45, 2.75) is 44.8 Å².